The first-order chi connectivity index (χ1) is 23.8. The SMILES string of the molecule is CCC1C(C(=O)c2ccc([N+](=O)[O-])cc2)C1[C@@H]1C[C@H]2O[C@@](C)([C@@H]1OC)n1c3ccccc3c3c4c(c5c6ccccc6n2c5c31)C(=O)NC4. The molecule has 2 fully saturated rings. The van der Waals surface area contributed by atoms with E-state index in [0.717, 1.165) is 61.2 Å². The summed E-state index contributed by atoms with van der Waals surface area (Å²) in [5.41, 5.74) is 5.31. The van der Waals surface area contributed by atoms with Crippen LogP contribution in [0.5, 0.6) is 0 Å². The van der Waals surface area contributed by atoms with Gasteiger partial charge in [-0.25, -0.2) is 0 Å². The average molecular weight is 655 g/mol. The Morgan fingerprint density at radius 1 is 1.02 bits per heavy atom. The number of carbonyl (C=O) groups is 2. The second kappa shape index (κ2) is 9.77. The van der Waals surface area contributed by atoms with Crippen molar-refractivity contribution >= 4 is 61.0 Å². The van der Waals surface area contributed by atoms with Crippen molar-refractivity contribution in [2.45, 2.75) is 51.3 Å². The molecule has 2 bridgehead atoms. The third-order valence-corrected chi connectivity index (χ3v) is 12.1. The van der Waals surface area contributed by atoms with Gasteiger partial charge in [-0.05, 0) is 60.9 Å². The van der Waals surface area contributed by atoms with Gasteiger partial charge in [0.15, 0.2) is 11.5 Å². The van der Waals surface area contributed by atoms with Gasteiger partial charge >= 0.3 is 0 Å². The van der Waals surface area contributed by atoms with Gasteiger partial charge in [0.25, 0.3) is 11.6 Å². The van der Waals surface area contributed by atoms with Gasteiger partial charge in [-0.3, -0.25) is 19.7 Å². The molecule has 1 saturated carbocycles. The number of rotatable bonds is 6. The molecule has 5 heterocycles. The molecule has 7 atom stereocenters. The third-order valence-electron chi connectivity index (χ3n) is 12.1. The topological polar surface area (TPSA) is 118 Å². The van der Waals surface area contributed by atoms with E-state index in [1.165, 1.54) is 12.1 Å². The molecule has 49 heavy (non-hydrogen) atoms. The molecule has 10 nitrogen and oxygen atoms in total. The lowest BCUT2D eigenvalue weighted by Crippen LogP contribution is -2.54. The van der Waals surface area contributed by atoms with Crippen LogP contribution in [0.4, 0.5) is 5.69 Å². The highest BCUT2D eigenvalue weighted by Crippen LogP contribution is 2.63. The highest BCUT2D eigenvalue weighted by Gasteiger charge is 2.64. The van der Waals surface area contributed by atoms with Crippen LogP contribution in [0.3, 0.4) is 0 Å². The number of nitro benzene ring substituents is 1. The molecule has 1 amide bonds. The van der Waals surface area contributed by atoms with Gasteiger partial charge < -0.3 is 23.9 Å². The number of ether oxygens (including phenoxy) is 2. The summed E-state index contributed by atoms with van der Waals surface area (Å²) in [4.78, 5) is 38.6. The fourth-order valence-electron chi connectivity index (χ4n) is 10.3. The maximum atomic E-state index is 14.1. The molecule has 10 heteroatoms. The molecule has 246 valence electrons. The number of Topliss-reactive ketones (excluding diaryl/α,β-unsaturated/α-hetero) is 1. The van der Waals surface area contributed by atoms with E-state index in [4.69, 9.17) is 9.47 Å². The number of hydrogen-bond donors (Lipinski definition) is 1. The zero-order valence-corrected chi connectivity index (χ0v) is 27.3. The van der Waals surface area contributed by atoms with Crippen molar-refractivity contribution in [1.82, 2.24) is 14.5 Å². The minimum atomic E-state index is -0.955. The number of nitro groups is 1. The van der Waals surface area contributed by atoms with Crippen molar-refractivity contribution in [3.63, 3.8) is 0 Å². The second-order valence-corrected chi connectivity index (χ2v) is 14.2. The van der Waals surface area contributed by atoms with Crippen molar-refractivity contribution in [1.29, 1.82) is 0 Å². The number of benzene rings is 4. The molecule has 1 N–H and O–H groups in total. The van der Waals surface area contributed by atoms with Gasteiger partial charge in [0.1, 0.15) is 12.3 Å². The minimum absolute atomic E-state index is 0.0227. The van der Waals surface area contributed by atoms with Crippen LogP contribution in [0.1, 0.15) is 59.2 Å². The maximum Gasteiger partial charge on any atom is 0.269 e. The molecule has 3 unspecified atom stereocenters. The quantitative estimate of drug-likeness (QED) is 0.113. The number of methoxy groups -OCH3 is 1. The molecule has 10 rings (SSSR count). The Morgan fingerprint density at radius 2 is 1.71 bits per heavy atom. The van der Waals surface area contributed by atoms with Gasteiger partial charge in [-0.1, -0.05) is 49.7 Å². The van der Waals surface area contributed by atoms with Crippen molar-refractivity contribution < 1.29 is 24.0 Å². The van der Waals surface area contributed by atoms with E-state index in [1.807, 2.05) is 24.3 Å². The summed E-state index contributed by atoms with van der Waals surface area (Å²) in [6.07, 6.45) is 0.677. The molecule has 4 aromatic carbocycles. The highest BCUT2D eigenvalue weighted by atomic mass is 16.6. The summed E-state index contributed by atoms with van der Waals surface area (Å²) in [6, 6.07) is 22.6. The minimum Gasteiger partial charge on any atom is -0.376 e. The third kappa shape index (κ3) is 3.52. The number of non-ortho nitro benzene ring substituents is 1. The molecule has 1 saturated heterocycles. The molecule has 6 aromatic rings. The predicted octanol–water partition coefficient (Wildman–Crippen LogP) is 7.45. The summed E-state index contributed by atoms with van der Waals surface area (Å²) >= 11 is 0. The number of aromatic nitrogens is 2. The average Bonchev–Trinajstić information content (AvgIpc) is 3.36. The Kier molecular flexibility index (Phi) is 5.76. The van der Waals surface area contributed by atoms with Crippen molar-refractivity contribution in [2.24, 2.45) is 23.7 Å². The van der Waals surface area contributed by atoms with E-state index in [0.29, 0.717) is 18.5 Å². The normalized spacial score (nSPS) is 28.3. The van der Waals surface area contributed by atoms with Crippen LogP contribution in [-0.2, 0) is 21.7 Å². The van der Waals surface area contributed by atoms with E-state index in [2.05, 4.69) is 52.6 Å². The molecule has 1 aliphatic carbocycles. The largest absolute Gasteiger partial charge is 0.376 e. The molecular formula is C39H34N4O6. The number of fused-ring (bicyclic) bond motifs is 13. The van der Waals surface area contributed by atoms with E-state index < -0.39 is 16.8 Å². The van der Waals surface area contributed by atoms with Crippen molar-refractivity contribution in [2.75, 3.05) is 7.11 Å². The predicted molar refractivity (Wildman–Crippen MR) is 184 cm³/mol. The fraction of sp³-hybridized carbons (Fsp3) is 0.333. The number of nitrogens with zero attached hydrogens (tertiary/aromatic N) is 3. The Bertz CT molecular complexity index is 2460. The standard InChI is InChI=1S/C39H34N4O6/c1-4-21-29(32(21)36(44)19-13-15-20(16-14-19)43(46)47)24-17-28-41-26-11-7-5-9-22(26)31-33-25(18-40-38(33)45)30-23-10-6-8-12-27(23)42(35(30)34(31)41)39(2,49-28)37(24)48-3/h5-16,21,24,28-29,32,37H,4,17-18H2,1-3H3,(H,40,45)/t21?,24-,28+,29?,32?,37+,39-/m0/s1. The van der Waals surface area contributed by atoms with Gasteiger partial charge in [0, 0.05) is 58.8 Å². The Morgan fingerprint density at radius 3 is 2.41 bits per heavy atom. The van der Waals surface area contributed by atoms with Gasteiger partial charge in [-0.15, -0.1) is 0 Å². The molecular weight excluding hydrogens is 620 g/mol. The Hall–Kier alpha value is -5.06. The first-order valence-corrected chi connectivity index (χ1v) is 17.1. The van der Waals surface area contributed by atoms with Crippen LogP contribution >= 0.6 is 0 Å². The Labute approximate surface area is 280 Å². The lowest BCUT2D eigenvalue weighted by Gasteiger charge is -2.49. The number of para-hydroxylation sites is 2. The van der Waals surface area contributed by atoms with Crippen LogP contribution in [0, 0.1) is 33.8 Å². The van der Waals surface area contributed by atoms with Crippen molar-refractivity contribution in [3.8, 4) is 0 Å². The number of nitrogens with one attached hydrogen (secondary N) is 1. The highest BCUT2D eigenvalue weighted by molar-refractivity contribution is 6.31. The zero-order valence-electron chi connectivity index (χ0n) is 27.3. The number of amides is 1. The summed E-state index contributed by atoms with van der Waals surface area (Å²) in [5, 5.41) is 18.5. The summed E-state index contributed by atoms with van der Waals surface area (Å²) in [5.74, 6) is -0.116. The lowest BCUT2D eigenvalue weighted by molar-refractivity contribution is -0.384. The lowest BCUT2D eigenvalue weighted by atomic mass is 9.81. The van der Waals surface area contributed by atoms with Gasteiger partial charge in [0.2, 0.25) is 0 Å². The maximum absolute atomic E-state index is 14.1. The second-order valence-electron chi connectivity index (χ2n) is 14.2. The van der Waals surface area contributed by atoms with Crippen LogP contribution in [0.25, 0.3) is 43.6 Å². The molecule has 0 radical (unpaired) electrons. The summed E-state index contributed by atoms with van der Waals surface area (Å²) < 4.78 is 18.5. The molecule has 2 aromatic heterocycles. The smallest absolute Gasteiger partial charge is 0.269 e. The van der Waals surface area contributed by atoms with Crippen LogP contribution in [-0.4, -0.2) is 39.0 Å². The number of ketones is 1. The summed E-state index contributed by atoms with van der Waals surface area (Å²) in [7, 11) is 1.74. The van der Waals surface area contributed by atoms with Gasteiger partial charge in [-0.2, -0.15) is 0 Å². The first kappa shape index (κ1) is 28.9. The van der Waals surface area contributed by atoms with E-state index in [9.17, 15) is 19.7 Å². The number of carbonyl (C=O) groups excluding carboxylic acids is 2. The monoisotopic (exact) mass is 654 g/mol. The van der Waals surface area contributed by atoms with Crippen LogP contribution in [0.15, 0.2) is 72.8 Å². The van der Waals surface area contributed by atoms with Crippen molar-refractivity contribution in [3.05, 3.63) is 99.6 Å². The van der Waals surface area contributed by atoms with Crippen LogP contribution in [0.2, 0.25) is 0 Å². The summed E-state index contributed by atoms with van der Waals surface area (Å²) in [6.45, 7) is 4.71. The molecule has 0 spiro atoms. The Balaban J connectivity index is 1.22. The molecule has 3 aliphatic heterocycles. The molecule has 4 aliphatic rings. The zero-order chi connectivity index (χ0) is 33.5. The van der Waals surface area contributed by atoms with Gasteiger partial charge in [0.05, 0.1) is 32.6 Å². The number of hydrogen-bond acceptors (Lipinski definition) is 6. The van der Waals surface area contributed by atoms with E-state index in [1.54, 1.807) is 19.2 Å². The first-order valence-electron chi connectivity index (χ1n) is 17.1. The van der Waals surface area contributed by atoms with Crippen LogP contribution < -0.4 is 5.32 Å². The van der Waals surface area contributed by atoms with E-state index in [-0.39, 0.29) is 47.3 Å². The fourth-order valence-corrected chi connectivity index (χ4v) is 10.3. The van der Waals surface area contributed by atoms with E-state index >= 15 is 0 Å².